The van der Waals surface area contributed by atoms with Gasteiger partial charge in [-0.05, 0) is 62.3 Å². The highest BCUT2D eigenvalue weighted by atomic mass is 16.2. The molecule has 0 aliphatic carbocycles. The second kappa shape index (κ2) is 5.16. The van der Waals surface area contributed by atoms with Gasteiger partial charge in [-0.3, -0.25) is 0 Å². The van der Waals surface area contributed by atoms with E-state index in [1.54, 1.807) is 0 Å². The van der Waals surface area contributed by atoms with Crippen molar-refractivity contribution in [2.45, 2.75) is 40.0 Å². The first-order chi connectivity index (χ1) is 6.66. The molecule has 1 aromatic rings. The third-order valence-corrected chi connectivity index (χ3v) is 3.02. The standard InChI is InChI=1S/C13H20O/c1-10-7-8-13(6-4-5-9-14)12(3)11(10)2/h7-8,14H,4-6,9H2,1-3H3. The Kier molecular flexibility index (Phi) is 4.15. The summed E-state index contributed by atoms with van der Waals surface area (Å²) >= 11 is 0. The first kappa shape index (κ1) is 11.3. The Labute approximate surface area is 86.8 Å². The molecule has 0 aliphatic rings. The van der Waals surface area contributed by atoms with Crippen LogP contribution in [-0.4, -0.2) is 11.7 Å². The monoisotopic (exact) mass is 192 g/mol. The Morgan fingerprint density at radius 3 is 2.36 bits per heavy atom. The highest BCUT2D eigenvalue weighted by Gasteiger charge is 2.02. The lowest BCUT2D eigenvalue weighted by Gasteiger charge is -2.10. The maximum Gasteiger partial charge on any atom is 0.0431 e. The predicted molar refractivity (Wildman–Crippen MR) is 60.7 cm³/mol. The fraction of sp³-hybridized carbons (Fsp3) is 0.538. The summed E-state index contributed by atoms with van der Waals surface area (Å²) in [5.74, 6) is 0. The number of hydrogen-bond donors (Lipinski definition) is 1. The van der Waals surface area contributed by atoms with E-state index in [0.717, 1.165) is 19.3 Å². The van der Waals surface area contributed by atoms with E-state index in [4.69, 9.17) is 5.11 Å². The fourth-order valence-electron chi connectivity index (χ4n) is 1.71. The topological polar surface area (TPSA) is 20.2 Å². The molecule has 0 aromatic heterocycles. The molecule has 0 fully saturated rings. The van der Waals surface area contributed by atoms with Crippen LogP contribution in [0.2, 0.25) is 0 Å². The molecule has 1 nitrogen and oxygen atoms in total. The third kappa shape index (κ3) is 2.58. The number of hydrogen-bond acceptors (Lipinski definition) is 1. The molecule has 0 radical (unpaired) electrons. The van der Waals surface area contributed by atoms with Gasteiger partial charge in [-0.15, -0.1) is 0 Å². The van der Waals surface area contributed by atoms with E-state index in [1.165, 1.54) is 22.3 Å². The molecule has 0 heterocycles. The summed E-state index contributed by atoms with van der Waals surface area (Å²) in [5.41, 5.74) is 5.63. The maximum atomic E-state index is 8.71. The molecule has 0 saturated carbocycles. The Morgan fingerprint density at radius 2 is 1.71 bits per heavy atom. The minimum absolute atomic E-state index is 0.309. The number of rotatable bonds is 4. The molecule has 1 aromatic carbocycles. The normalized spacial score (nSPS) is 10.6. The van der Waals surface area contributed by atoms with Crippen LogP contribution in [0.5, 0.6) is 0 Å². The number of benzene rings is 1. The molecule has 0 unspecified atom stereocenters. The zero-order valence-electron chi connectivity index (χ0n) is 9.43. The average molecular weight is 192 g/mol. The summed E-state index contributed by atoms with van der Waals surface area (Å²) < 4.78 is 0. The van der Waals surface area contributed by atoms with Gasteiger partial charge in [0.15, 0.2) is 0 Å². The van der Waals surface area contributed by atoms with Gasteiger partial charge in [0.2, 0.25) is 0 Å². The molecule has 1 N–H and O–H groups in total. The van der Waals surface area contributed by atoms with Crippen molar-refractivity contribution in [1.82, 2.24) is 0 Å². The first-order valence-corrected chi connectivity index (χ1v) is 5.33. The van der Waals surface area contributed by atoms with Crippen molar-refractivity contribution >= 4 is 0 Å². The van der Waals surface area contributed by atoms with Gasteiger partial charge in [-0.2, -0.15) is 0 Å². The van der Waals surface area contributed by atoms with E-state index in [2.05, 4.69) is 32.9 Å². The van der Waals surface area contributed by atoms with E-state index >= 15 is 0 Å². The molecule has 0 aliphatic heterocycles. The van der Waals surface area contributed by atoms with Crippen molar-refractivity contribution in [1.29, 1.82) is 0 Å². The Balaban J connectivity index is 2.73. The highest BCUT2D eigenvalue weighted by molar-refractivity contribution is 5.38. The van der Waals surface area contributed by atoms with E-state index < -0.39 is 0 Å². The van der Waals surface area contributed by atoms with Gasteiger partial charge in [0, 0.05) is 6.61 Å². The van der Waals surface area contributed by atoms with Crippen molar-refractivity contribution in [3.63, 3.8) is 0 Å². The molecular formula is C13H20O. The molecule has 1 heteroatoms. The van der Waals surface area contributed by atoms with Gasteiger partial charge >= 0.3 is 0 Å². The highest BCUT2D eigenvalue weighted by Crippen LogP contribution is 2.18. The van der Waals surface area contributed by atoms with E-state index in [1.807, 2.05) is 0 Å². The SMILES string of the molecule is Cc1ccc(CCCCO)c(C)c1C. The van der Waals surface area contributed by atoms with Crippen molar-refractivity contribution in [3.8, 4) is 0 Å². The zero-order chi connectivity index (χ0) is 10.6. The predicted octanol–water partition coefficient (Wildman–Crippen LogP) is 2.93. The van der Waals surface area contributed by atoms with Gasteiger partial charge < -0.3 is 5.11 Å². The van der Waals surface area contributed by atoms with Crippen LogP contribution in [0.1, 0.15) is 35.1 Å². The van der Waals surface area contributed by atoms with Crippen LogP contribution in [-0.2, 0) is 6.42 Å². The molecule has 0 amide bonds. The maximum absolute atomic E-state index is 8.71. The van der Waals surface area contributed by atoms with E-state index in [-0.39, 0.29) is 0 Å². The molecule has 0 spiro atoms. The summed E-state index contributed by atoms with van der Waals surface area (Å²) in [6.07, 6.45) is 3.08. The Hall–Kier alpha value is -0.820. The molecule has 0 saturated heterocycles. The molecule has 0 bridgehead atoms. The summed E-state index contributed by atoms with van der Waals surface area (Å²) in [6, 6.07) is 4.41. The molecule has 0 atom stereocenters. The molecule has 14 heavy (non-hydrogen) atoms. The van der Waals surface area contributed by atoms with Crippen LogP contribution in [0.15, 0.2) is 12.1 Å². The molecule has 1 rings (SSSR count). The lowest BCUT2D eigenvalue weighted by atomic mass is 9.96. The summed E-state index contributed by atoms with van der Waals surface area (Å²) in [7, 11) is 0. The van der Waals surface area contributed by atoms with Gasteiger partial charge in [0.25, 0.3) is 0 Å². The minimum atomic E-state index is 0.309. The van der Waals surface area contributed by atoms with Crippen LogP contribution < -0.4 is 0 Å². The molecule has 78 valence electrons. The lowest BCUT2D eigenvalue weighted by Crippen LogP contribution is -1.96. The third-order valence-electron chi connectivity index (χ3n) is 3.02. The van der Waals surface area contributed by atoms with Gasteiger partial charge in [0.1, 0.15) is 0 Å². The number of aliphatic hydroxyl groups excluding tert-OH is 1. The Morgan fingerprint density at radius 1 is 1.00 bits per heavy atom. The van der Waals surface area contributed by atoms with Crippen molar-refractivity contribution < 1.29 is 5.11 Å². The van der Waals surface area contributed by atoms with Crippen LogP contribution in [0, 0.1) is 20.8 Å². The number of aryl methyl sites for hydroxylation is 2. The van der Waals surface area contributed by atoms with E-state index in [9.17, 15) is 0 Å². The number of aliphatic hydroxyl groups is 1. The van der Waals surface area contributed by atoms with Gasteiger partial charge in [-0.25, -0.2) is 0 Å². The summed E-state index contributed by atoms with van der Waals surface area (Å²) in [4.78, 5) is 0. The Bertz CT molecular complexity index is 302. The van der Waals surface area contributed by atoms with Gasteiger partial charge in [0.05, 0.1) is 0 Å². The average Bonchev–Trinajstić information content (AvgIpc) is 2.18. The van der Waals surface area contributed by atoms with Crippen LogP contribution in [0.25, 0.3) is 0 Å². The molecular weight excluding hydrogens is 172 g/mol. The summed E-state index contributed by atoms with van der Waals surface area (Å²) in [6.45, 7) is 6.83. The fourth-order valence-corrected chi connectivity index (χ4v) is 1.71. The van der Waals surface area contributed by atoms with Crippen LogP contribution >= 0.6 is 0 Å². The first-order valence-electron chi connectivity index (χ1n) is 5.33. The van der Waals surface area contributed by atoms with E-state index in [0.29, 0.717) is 6.61 Å². The summed E-state index contributed by atoms with van der Waals surface area (Å²) in [5, 5.41) is 8.71. The van der Waals surface area contributed by atoms with Crippen molar-refractivity contribution in [2.24, 2.45) is 0 Å². The minimum Gasteiger partial charge on any atom is -0.396 e. The van der Waals surface area contributed by atoms with Gasteiger partial charge in [-0.1, -0.05) is 12.1 Å². The van der Waals surface area contributed by atoms with Crippen LogP contribution in [0.4, 0.5) is 0 Å². The van der Waals surface area contributed by atoms with Crippen LogP contribution in [0.3, 0.4) is 0 Å². The second-order valence-corrected chi connectivity index (χ2v) is 3.97. The lowest BCUT2D eigenvalue weighted by molar-refractivity contribution is 0.284. The number of unbranched alkanes of at least 4 members (excludes halogenated alkanes) is 1. The second-order valence-electron chi connectivity index (χ2n) is 3.97. The van der Waals surface area contributed by atoms with Crippen molar-refractivity contribution in [3.05, 3.63) is 34.4 Å². The largest absolute Gasteiger partial charge is 0.396 e. The van der Waals surface area contributed by atoms with Crippen molar-refractivity contribution in [2.75, 3.05) is 6.61 Å². The zero-order valence-corrected chi connectivity index (χ0v) is 9.43. The smallest absolute Gasteiger partial charge is 0.0431 e. The quantitative estimate of drug-likeness (QED) is 0.727.